The second-order valence-electron chi connectivity index (χ2n) is 5.01. The quantitative estimate of drug-likeness (QED) is 0.680. The van der Waals surface area contributed by atoms with E-state index in [4.69, 9.17) is 5.26 Å². The van der Waals surface area contributed by atoms with Crippen LogP contribution in [0.15, 0.2) is 30.0 Å². The molecule has 0 spiro atoms. The van der Waals surface area contributed by atoms with Crippen molar-refractivity contribution in [3.8, 4) is 6.07 Å². The van der Waals surface area contributed by atoms with Crippen LogP contribution in [0.3, 0.4) is 0 Å². The van der Waals surface area contributed by atoms with Crippen LogP contribution in [0.1, 0.15) is 0 Å². The van der Waals surface area contributed by atoms with Crippen LogP contribution in [-0.2, 0) is 4.79 Å². The summed E-state index contributed by atoms with van der Waals surface area (Å²) in [5, 5.41) is 11.5. The van der Waals surface area contributed by atoms with Gasteiger partial charge in [-0.15, -0.1) is 0 Å². The van der Waals surface area contributed by atoms with Crippen LogP contribution in [0, 0.1) is 23.0 Å². The average Bonchev–Trinajstić information content (AvgIpc) is 2.50. The summed E-state index contributed by atoms with van der Waals surface area (Å²) >= 11 is 0. The first-order valence-corrected chi connectivity index (χ1v) is 6.81. The van der Waals surface area contributed by atoms with Crippen molar-refractivity contribution >= 4 is 11.6 Å². The molecule has 1 aliphatic rings. The van der Waals surface area contributed by atoms with E-state index in [2.05, 4.69) is 10.2 Å². The molecule has 1 saturated heterocycles. The molecule has 1 heterocycles. The number of benzene rings is 1. The van der Waals surface area contributed by atoms with Crippen LogP contribution < -0.4 is 5.32 Å². The second kappa shape index (κ2) is 7.00. The van der Waals surface area contributed by atoms with E-state index in [0.29, 0.717) is 13.1 Å². The summed E-state index contributed by atoms with van der Waals surface area (Å²) in [4.78, 5) is 15.8. The molecule has 0 aliphatic carbocycles. The average molecular weight is 306 g/mol. The number of halogens is 2. The van der Waals surface area contributed by atoms with Gasteiger partial charge in [-0.2, -0.15) is 5.26 Å². The number of carbonyl (C=O) groups is 1. The Labute approximate surface area is 127 Å². The number of hydrogen-bond acceptors (Lipinski definition) is 4. The number of carbonyl (C=O) groups excluding carboxylic acids is 1. The lowest BCUT2D eigenvalue weighted by Crippen LogP contribution is -2.47. The van der Waals surface area contributed by atoms with Crippen molar-refractivity contribution in [3.63, 3.8) is 0 Å². The van der Waals surface area contributed by atoms with Crippen LogP contribution in [-0.4, -0.2) is 48.9 Å². The minimum atomic E-state index is -0.791. The third-order valence-electron chi connectivity index (χ3n) is 3.46. The van der Waals surface area contributed by atoms with E-state index in [1.165, 1.54) is 6.07 Å². The predicted molar refractivity (Wildman–Crippen MR) is 77.8 cm³/mol. The molecule has 1 fully saturated rings. The zero-order valence-electron chi connectivity index (χ0n) is 12.1. The highest BCUT2D eigenvalue weighted by atomic mass is 19.1. The van der Waals surface area contributed by atoms with Crippen LogP contribution in [0.4, 0.5) is 14.5 Å². The van der Waals surface area contributed by atoms with Gasteiger partial charge in [0.2, 0.25) is 0 Å². The SMILES string of the molecule is CN1CCN(C(=O)/C(C#N)=C\Nc2c(F)cccc2F)CC1. The monoisotopic (exact) mass is 306 g/mol. The summed E-state index contributed by atoms with van der Waals surface area (Å²) in [7, 11) is 1.95. The van der Waals surface area contributed by atoms with E-state index in [1.807, 2.05) is 7.05 Å². The summed E-state index contributed by atoms with van der Waals surface area (Å²) in [6.45, 7) is 2.48. The normalized spacial score (nSPS) is 16.3. The Hall–Kier alpha value is -2.46. The zero-order chi connectivity index (χ0) is 16.1. The first-order chi connectivity index (χ1) is 10.5. The van der Waals surface area contributed by atoms with E-state index in [0.717, 1.165) is 31.4 Å². The molecule has 0 saturated carbocycles. The van der Waals surface area contributed by atoms with E-state index < -0.39 is 17.5 Å². The highest BCUT2D eigenvalue weighted by Crippen LogP contribution is 2.18. The lowest BCUT2D eigenvalue weighted by molar-refractivity contribution is -0.128. The lowest BCUT2D eigenvalue weighted by Gasteiger charge is -2.32. The van der Waals surface area contributed by atoms with Gasteiger partial charge in [0.15, 0.2) is 0 Å². The van der Waals surface area contributed by atoms with Crippen molar-refractivity contribution in [3.05, 3.63) is 41.6 Å². The summed E-state index contributed by atoms with van der Waals surface area (Å²) in [5.74, 6) is -2.03. The number of nitriles is 1. The molecule has 22 heavy (non-hydrogen) atoms. The molecule has 0 unspecified atom stereocenters. The Balaban J connectivity index is 2.11. The topological polar surface area (TPSA) is 59.4 Å². The molecular weight excluding hydrogens is 290 g/mol. The van der Waals surface area contributed by atoms with Crippen molar-refractivity contribution in [1.29, 1.82) is 5.26 Å². The fourth-order valence-electron chi connectivity index (χ4n) is 2.10. The van der Waals surface area contributed by atoms with Gasteiger partial charge in [-0.25, -0.2) is 8.78 Å². The number of nitrogens with one attached hydrogen (secondary N) is 1. The van der Waals surface area contributed by atoms with Gasteiger partial charge in [0.1, 0.15) is 29.0 Å². The van der Waals surface area contributed by atoms with Crippen LogP contribution in [0.2, 0.25) is 0 Å². The Morgan fingerprint density at radius 3 is 2.41 bits per heavy atom. The maximum atomic E-state index is 13.5. The fraction of sp³-hybridized carbons (Fsp3) is 0.333. The van der Waals surface area contributed by atoms with Gasteiger partial charge in [0, 0.05) is 32.4 Å². The second-order valence-corrected chi connectivity index (χ2v) is 5.01. The van der Waals surface area contributed by atoms with E-state index >= 15 is 0 Å². The summed E-state index contributed by atoms with van der Waals surface area (Å²) in [6.07, 6.45) is 1.04. The minimum Gasteiger partial charge on any atom is -0.355 e. The molecule has 1 aromatic carbocycles. The van der Waals surface area contributed by atoms with Gasteiger partial charge in [-0.1, -0.05) is 6.07 Å². The molecular formula is C15H16F2N4O. The third kappa shape index (κ3) is 3.59. The highest BCUT2D eigenvalue weighted by Gasteiger charge is 2.22. The number of anilines is 1. The van der Waals surface area contributed by atoms with Crippen molar-refractivity contribution in [2.45, 2.75) is 0 Å². The first-order valence-electron chi connectivity index (χ1n) is 6.81. The number of hydrogen-bond donors (Lipinski definition) is 1. The van der Waals surface area contributed by atoms with Gasteiger partial charge in [-0.05, 0) is 19.2 Å². The zero-order valence-corrected chi connectivity index (χ0v) is 12.1. The Bertz CT molecular complexity index is 611. The van der Waals surface area contributed by atoms with Crippen LogP contribution in [0.5, 0.6) is 0 Å². The highest BCUT2D eigenvalue weighted by molar-refractivity contribution is 5.97. The smallest absolute Gasteiger partial charge is 0.266 e. The maximum Gasteiger partial charge on any atom is 0.266 e. The Kier molecular flexibility index (Phi) is 5.07. The number of nitrogens with zero attached hydrogens (tertiary/aromatic N) is 3. The molecule has 7 heteroatoms. The maximum absolute atomic E-state index is 13.5. The standard InChI is InChI=1S/C15H16F2N4O/c1-20-5-7-21(8-6-20)15(22)11(9-18)10-19-14-12(16)3-2-4-13(14)17/h2-4,10,19H,5-8H2,1H3/b11-10-. The molecule has 0 atom stereocenters. The number of para-hydroxylation sites is 1. The molecule has 1 N–H and O–H groups in total. The first kappa shape index (κ1) is 15.9. The molecule has 1 aromatic rings. The number of piperazine rings is 1. The van der Waals surface area contributed by atoms with Gasteiger partial charge < -0.3 is 15.1 Å². The Morgan fingerprint density at radius 2 is 1.86 bits per heavy atom. The van der Waals surface area contributed by atoms with Crippen molar-refractivity contribution in [2.24, 2.45) is 0 Å². The molecule has 0 aromatic heterocycles. The summed E-state index contributed by atoms with van der Waals surface area (Å²) in [6, 6.07) is 5.19. The van der Waals surface area contributed by atoms with Crippen molar-refractivity contribution in [2.75, 3.05) is 38.5 Å². The molecule has 116 valence electrons. The molecule has 1 aliphatic heterocycles. The van der Waals surface area contributed by atoms with E-state index in [-0.39, 0.29) is 11.3 Å². The molecule has 0 radical (unpaired) electrons. The predicted octanol–water partition coefficient (Wildman–Crippen LogP) is 1.56. The fourth-order valence-corrected chi connectivity index (χ4v) is 2.10. The van der Waals surface area contributed by atoms with Crippen molar-refractivity contribution < 1.29 is 13.6 Å². The van der Waals surface area contributed by atoms with E-state index in [1.54, 1.807) is 11.0 Å². The summed E-state index contributed by atoms with van der Waals surface area (Å²) < 4.78 is 27.0. The third-order valence-corrected chi connectivity index (χ3v) is 3.46. The minimum absolute atomic E-state index is 0.188. The number of likely N-dealkylation sites (N-methyl/N-ethyl adjacent to an activating group) is 1. The van der Waals surface area contributed by atoms with Gasteiger partial charge in [0.05, 0.1) is 0 Å². The van der Waals surface area contributed by atoms with Gasteiger partial charge >= 0.3 is 0 Å². The van der Waals surface area contributed by atoms with Crippen molar-refractivity contribution in [1.82, 2.24) is 9.80 Å². The van der Waals surface area contributed by atoms with Gasteiger partial charge in [0.25, 0.3) is 5.91 Å². The largest absolute Gasteiger partial charge is 0.355 e. The Morgan fingerprint density at radius 1 is 1.27 bits per heavy atom. The number of rotatable bonds is 3. The molecule has 0 bridgehead atoms. The summed E-state index contributed by atoms with van der Waals surface area (Å²) in [5.41, 5.74) is -0.575. The van der Waals surface area contributed by atoms with E-state index in [9.17, 15) is 13.6 Å². The van der Waals surface area contributed by atoms with Crippen LogP contribution >= 0.6 is 0 Å². The number of amides is 1. The lowest BCUT2D eigenvalue weighted by atomic mass is 10.2. The molecule has 2 rings (SSSR count). The van der Waals surface area contributed by atoms with Crippen LogP contribution in [0.25, 0.3) is 0 Å². The van der Waals surface area contributed by atoms with Gasteiger partial charge in [-0.3, -0.25) is 4.79 Å². The molecule has 1 amide bonds. The molecule has 5 nitrogen and oxygen atoms in total.